The number of piperidine rings is 2. The number of unbranched alkanes of at least 4 members (excludes halogenated alkanes) is 1. The van der Waals surface area contributed by atoms with Gasteiger partial charge in [-0.15, -0.1) is 0 Å². The molecule has 1 N–H and O–H groups in total. The van der Waals surface area contributed by atoms with Gasteiger partial charge in [0.15, 0.2) is 0 Å². The quantitative estimate of drug-likeness (QED) is 0.762. The van der Waals surface area contributed by atoms with E-state index < -0.39 is 0 Å². The molecule has 5 heteroatoms. The van der Waals surface area contributed by atoms with Crippen molar-refractivity contribution in [2.45, 2.75) is 58.0 Å². The van der Waals surface area contributed by atoms with E-state index in [9.17, 15) is 4.79 Å². The molecule has 0 bridgehead atoms. The third-order valence-electron chi connectivity index (χ3n) is 5.88. The Bertz CT molecular complexity index is 542. The second-order valence-corrected chi connectivity index (χ2v) is 7.84. The summed E-state index contributed by atoms with van der Waals surface area (Å²) < 4.78 is 0. The zero-order chi connectivity index (χ0) is 18.2. The standard InChI is InChI=1S/C21H34N4O/c1-2-3-10-23-21(26)19-5-4-13-25(17-19)20-8-14-24(15-9-20)16-18-6-11-22-12-7-18/h6-7,11-12,19-20H,2-5,8-10,13-17H2,1H3,(H,23,26)/t19-/m0/s1. The number of hydrogen-bond acceptors (Lipinski definition) is 4. The average molecular weight is 359 g/mol. The highest BCUT2D eigenvalue weighted by atomic mass is 16.1. The lowest BCUT2D eigenvalue weighted by atomic mass is 9.93. The summed E-state index contributed by atoms with van der Waals surface area (Å²) in [6.45, 7) is 8.43. The Hall–Kier alpha value is -1.46. The number of nitrogens with zero attached hydrogens (tertiary/aromatic N) is 3. The maximum Gasteiger partial charge on any atom is 0.224 e. The van der Waals surface area contributed by atoms with Gasteiger partial charge in [-0.2, -0.15) is 0 Å². The highest BCUT2D eigenvalue weighted by molar-refractivity contribution is 5.78. The summed E-state index contributed by atoms with van der Waals surface area (Å²) in [5, 5.41) is 3.13. The predicted molar refractivity (Wildman–Crippen MR) is 105 cm³/mol. The van der Waals surface area contributed by atoms with E-state index in [-0.39, 0.29) is 11.8 Å². The van der Waals surface area contributed by atoms with E-state index in [0.717, 1.165) is 65.0 Å². The van der Waals surface area contributed by atoms with Gasteiger partial charge in [0.2, 0.25) is 5.91 Å². The number of rotatable bonds is 7. The Balaban J connectivity index is 1.43. The number of carbonyl (C=O) groups is 1. The molecule has 2 fully saturated rings. The predicted octanol–water partition coefficient (Wildman–Crippen LogP) is 2.67. The Labute approximate surface area is 158 Å². The highest BCUT2D eigenvalue weighted by Gasteiger charge is 2.31. The number of likely N-dealkylation sites (tertiary alicyclic amines) is 2. The van der Waals surface area contributed by atoms with Gasteiger partial charge in [0, 0.05) is 38.1 Å². The van der Waals surface area contributed by atoms with Crippen LogP contribution in [-0.2, 0) is 11.3 Å². The summed E-state index contributed by atoms with van der Waals surface area (Å²) in [5.74, 6) is 0.466. The maximum absolute atomic E-state index is 12.4. The lowest BCUT2D eigenvalue weighted by molar-refractivity contribution is -0.127. The van der Waals surface area contributed by atoms with Crippen LogP contribution in [0.5, 0.6) is 0 Å². The molecule has 2 aliphatic heterocycles. The first-order chi connectivity index (χ1) is 12.8. The van der Waals surface area contributed by atoms with Gasteiger partial charge in [-0.25, -0.2) is 0 Å². The Morgan fingerprint density at radius 3 is 2.69 bits per heavy atom. The maximum atomic E-state index is 12.4. The summed E-state index contributed by atoms with van der Waals surface area (Å²) in [6.07, 6.45) is 10.6. The number of carbonyl (C=O) groups excluding carboxylic acids is 1. The lowest BCUT2D eigenvalue weighted by Gasteiger charge is -2.42. The van der Waals surface area contributed by atoms with Crippen molar-refractivity contribution in [3.8, 4) is 0 Å². The van der Waals surface area contributed by atoms with E-state index >= 15 is 0 Å². The van der Waals surface area contributed by atoms with Crippen LogP contribution in [0.3, 0.4) is 0 Å². The van der Waals surface area contributed by atoms with Gasteiger partial charge in [-0.1, -0.05) is 13.3 Å². The molecule has 5 nitrogen and oxygen atoms in total. The second-order valence-electron chi connectivity index (χ2n) is 7.84. The van der Waals surface area contributed by atoms with Crippen molar-refractivity contribution in [2.24, 2.45) is 5.92 Å². The molecule has 0 aromatic carbocycles. The number of amides is 1. The molecule has 1 aromatic heterocycles. The summed E-state index contributed by atoms with van der Waals surface area (Å²) in [5.41, 5.74) is 1.35. The Morgan fingerprint density at radius 2 is 1.96 bits per heavy atom. The first-order valence-electron chi connectivity index (χ1n) is 10.4. The van der Waals surface area contributed by atoms with Gasteiger partial charge in [-0.3, -0.25) is 19.6 Å². The van der Waals surface area contributed by atoms with Crippen molar-refractivity contribution in [1.29, 1.82) is 0 Å². The molecule has 1 aromatic rings. The van der Waals surface area contributed by atoms with E-state index in [1.165, 1.54) is 18.4 Å². The second kappa shape index (κ2) is 10.0. The zero-order valence-corrected chi connectivity index (χ0v) is 16.2. The van der Waals surface area contributed by atoms with E-state index in [2.05, 4.69) is 39.2 Å². The fourth-order valence-electron chi connectivity index (χ4n) is 4.27. The van der Waals surface area contributed by atoms with Crippen LogP contribution in [0.2, 0.25) is 0 Å². The largest absolute Gasteiger partial charge is 0.356 e. The molecule has 0 radical (unpaired) electrons. The van der Waals surface area contributed by atoms with Crippen molar-refractivity contribution in [3.63, 3.8) is 0 Å². The van der Waals surface area contributed by atoms with Gasteiger partial charge >= 0.3 is 0 Å². The van der Waals surface area contributed by atoms with E-state index in [4.69, 9.17) is 0 Å². The molecule has 3 rings (SSSR count). The molecule has 0 saturated carbocycles. The topological polar surface area (TPSA) is 48.5 Å². The SMILES string of the molecule is CCCCNC(=O)[C@H]1CCCN(C2CCN(Cc3ccncc3)CC2)C1. The lowest BCUT2D eigenvalue weighted by Crippen LogP contribution is -2.50. The minimum absolute atomic E-state index is 0.190. The molecule has 2 saturated heterocycles. The van der Waals surface area contributed by atoms with Gasteiger partial charge < -0.3 is 5.32 Å². The molecule has 144 valence electrons. The number of nitrogens with one attached hydrogen (secondary N) is 1. The molecular weight excluding hydrogens is 324 g/mol. The normalized spacial score (nSPS) is 23.0. The number of pyridine rings is 1. The minimum atomic E-state index is 0.190. The summed E-state index contributed by atoms with van der Waals surface area (Å²) in [6, 6.07) is 4.87. The van der Waals surface area contributed by atoms with E-state index in [1.807, 2.05) is 12.4 Å². The fraction of sp³-hybridized carbons (Fsp3) is 0.714. The van der Waals surface area contributed by atoms with Crippen LogP contribution in [0.1, 0.15) is 51.0 Å². The average Bonchev–Trinajstić information content (AvgIpc) is 2.69. The van der Waals surface area contributed by atoms with Crippen LogP contribution in [0.15, 0.2) is 24.5 Å². The molecule has 2 aliphatic rings. The number of aromatic nitrogens is 1. The molecule has 1 atom stereocenters. The van der Waals surface area contributed by atoms with Gasteiger partial charge in [-0.05, 0) is 69.4 Å². The van der Waals surface area contributed by atoms with E-state index in [1.54, 1.807) is 0 Å². The molecule has 0 unspecified atom stereocenters. The first kappa shape index (κ1) is 19.3. The van der Waals surface area contributed by atoms with Crippen molar-refractivity contribution in [1.82, 2.24) is 20.1 Å². The Morgan fingerprint density at radius 1 is 1.19 bits per heavy atom. The monoisotopic (exact) mass is 358 g/mol. The third kappa shape index (κ3) is 5.52. The van der Waals surface area contributed by atoms with Crippen molar-refractivity contribution < 1.29 is 4.79 Å². The van der Waals surface area contributed by atoms with Crippen molar-refractivity contribution in [3.05, 3.63) is 30.1 Å². The highest BCUT2D eigenvalue weighted by Crippen LogP contribution is 2.24. The molecule has 3 heterocycles. The van der Waals surface area contributed by atoms with Crippen LogP contribution in [0.25, 0.3) is 0 Å². The molecule has 26 heavy (non-hydrogen) atoms. The summed E-state index contributed by atoms with van der Waals surface area (Å²) >= 11 is 0. The fourth-order valence-corrected chi connectivity index (χ4v) is 4.27. The zero-order valence-electron chi connectivity index (χ0n) is 16.2. The van der Waals surface area contributed by atoms with Crippen molar-refractivity contribution in [2.75, 3.05) is 32.7 Å². The molecule has 1 amide bonds. The van der Waals surface area contributed by atoms with Crippen LogP contribution in [0.4, 0.5) is 0 Å². The molecular formula is C21H34N4O. The van der Waals surface area contributed by atoms with Crippen LogP contribution in [-0.4, -0.2) is 59.5 Å². The smallest absolute Gasteiger partial charge is 0.224 e. The summed E-state index contributed by atoms with van der Waals surface area (Å²) in [7, 11) is 0. The minimum Gasteiger partial charge on any atom is -0.356 e. The van der Waals surface area contributed by atoms with Crippen molar-refractivity contribution >= 4 is 5.91 Å². The third-order valence-corrected chi connectivity index (χ3v) is 5.88. The summed E-state index contributed by atoms with van der Waals surface area (Å²) in [4.78, 5) is 21.6. The van der Waals surface area contributed by atoms with Gasteiger partial charge in [0.25, 0.3) is 0 Å². The van der Waals surface area contributed by atoms with Crippen LogP contribution >= 0.6 is 0 Å². The van der Waals surface area contributed by atoms with Gasteiger partial charge in [0.1, 0.15) is 0 Å². The van der Waals surface area contributed by atoms with Gasteiger partial charge in [0.05, 0.1) is 5.92 Å². The first-order valence-corrected chi connectivity index (χ1v) is 10.4. The van der Waals surface area contributed by atoms with E-state index in [0.29, 0.717) is 6.04 Å². The van der Waals surface area contributed by atoms with Crippen LogP contribution in [0, 0.1) is 5.92 Å². The molecule has 0 spiro atoms. The molecule has 0 aliphatic carbocycles. The number of hydrogen-bond donors (Lipinski definition) is 1. The van der Waals surface area contributed by atoms with Crippen LogP contribution < -0.4 is 5.32 Å². The Kier molecular flexibility index (Phi) is 7.44.